The zero-order valence-electron chi connectivity index (χ0n) is 13.5. The van der Waals surface area contributed by atoms with Gasteiger partial charge in [-0.2, -0.15) is 9.37 Å². The Morgan fingerprint density at radius 3 is 2.64 bits per heavy atom. The number of carbonyl (C=O) groups is 1. The number of hydrogen-bond donors (Lipinski definition) is 1. The number of nitrogens with two attached hydrogens (primary N) is 1. The monoisotopic (exact) mass is 364 g/mol. The van der Waals surface area contributed by atoms with Crippen LogP contribution < -0.4 is 5.73 Å². The summed E-state index contributed by atoms with van der Waals surface area (Å²) in [5.74, 6) is 0.0979. The van der Waals surface area contributed by atoms with E-state index in [2.05, 4.69) is 16.5 Å². The molecule has 3 rings (SSSR count). The maximum absolute atomic E-state index is 12.9. The van der Waals surface area contributed by atoms with E-state index in [1.807, 2.05) is 0 Å². The van der Waals surface area contributed by atoms with E-state index in [0.717, 1.165) is 0 Å². The van der Waals surface area contributed by atoms with Crippen LogP contribution in [0.15, 0.2) is 43.0 Å². The number of nitrogens with zero attached hydrogens (tertiary/aromatic N) is 3. The first-order chi connectivity index (χ1) is 12.0. The molecule has 2 N–H and O–H groups in total. The normalized spacial score (nSPS) is 13.6. The van der Waals surface area contributed by atoms with Gasteiger partial charge in [-0.15, -0.1) is 0 Å². The van der Waals surface area contributed by atoms with Gasteiger partial charge in [-0.3, -0.25) is 4.79 Å². The van der Waals surface area contributed by atoms with Crippen LogP contribution in [0.3, 0.4) is 0 Å². The van der Waals surface area contributed by atoms with Gasteiger partial charge in [0.05, 0.1) is 18.9 Å². The van der Waals surface area contributed by atoms with E-state index in [1.54, 1.807) is 29.2 Å². The number of benzene rings is 1. The third-order valence-electron chi connectivity index (χ3n) is 3.34. The SMILES string of the molecule is C=CC(=O)N1CCOCC1.Nc1cc(-c2cccc(Cl)c2)nc(F)n1. The van der Waals surface area contributed by atoms with Crippen molar-refractivity contribution in [1.29, 1.82) is 0 Å². The number of rotatable bonds is 2. The first-order valence-electron chi connectivity index (χ1n) is 7.54. The second-order valence-corrected chi connectivity index (χ2v) is 5.54. The highest BCUT2D eigenvalue weighted by molar-refractivity contribution is 6.30. The molecule has 1 amide bonds. The second-order valence-electron chi connectivity index (χ2n) is 5.10. The van der Waals surface area contributed by atoms with Crippen molar-refractivity contribution >= 4 is 23.3 Å². The van der Waals surface area contributed by atoms with E-state index >= 15 is 0 Å². The topological polar surface area (TPSA) is 81.3 Å². The summed E-state index contributed by atoms with van der Waals surface area (Å²) < 4.78 is 17.9. The summed E-state index contributed by atoms with van der Waals surface area (Å²) in [5, 5.41) is 0.560. The number of amides is 1. The maximum atomic E-state index is 12.9. The Kier molecular flexibility index (Phi) is 6.85. The van der Waals surface area contributed by atoms with Crippen LogP contribution in [-0.4, -0.2) is 47.1 Å². The number of ether oxygens (including phenoxy) is 1. The molecule has 1 saturated heterocycles. The van der Waals surface area contributed by atoms with Gasteiger partial charge in [-0.25, -0.2) is 4.98 Å². The molecule has 132 valence electrons. The van der Waals surface area contributed by atoms with Crippen LogP contribution in [0, 0.1) is 6.08 Å². The van der Waals surface area contributed by atoms with Crippen molar-refractivity contribution in [3.8, 4) is 11.3 Å². The van der Waals surface area contributed by atoms with Gasteiger partial charge in [0.15, 0.2) is 0 Å². The summed E-state index contributed by atoms with van der Waals surface area (Å²) in [4.78, 5) is 19.6. The molecule has 1 aliphatic heterocycles. The van der Waals surface area contributed by atoms with E-state index in [9.17, 15) is 9.18 Å². The maximum Gasteiger partial charge on any atom is 0.311 e. The lowest BCUT2D eigenvalue weighted by molar-refractivity contribution is -0.129. The van der Waals surface area contributed by atoms with Crippen LogP contribution in [0.5, 0.6) is 0 Å². The largest absolute Gasteiger partial charge is 0.383 e. The summed E-state index contributed by atoms with van der Waals surface area (Å²) in [6, 6.07) is 8.43. The molecule has 0 radical (unpaired) electrons. The fourth-order valence-electron chi connectivity index (χ4n) is 2.14. The van der Waals surface area contributed by atoms with Gasteiger partial charge in [0.25, 0.3) is 0 Å². The van der Waals surface area contributed by atoms with Crippen LogP contribution in [0.2, 0.25) is 5.02 Å². The minimum Gasteiger partial charge on any atom is -0.383 e. The lowest BCUT2D eigenvalue weighted by Crippen LogP contribution is -2.39. The molecule has 0 spiro atoms. The highest BCUT2D eigenvalue weighted by Gasteiger charge is 2.12. The Morgan fingerprint density at radius 2 is 2.04 bits per heavy atom. The van der Waals surface area contributed by atoms with Crippen molar-refractivity contribution in [2.24, 2.45) is 0 Å². The van der Waals surface area contributed by atoms with E-state index in [0.29, 0.717) is 42.6 Å². The molecule has 8 heteroatoms. The Bertz CT molecular complexity index is 731. The first kappa shape index (κ1) is 18.8. The van der Waals surface area contributed by atoms with Crippen molar-refractivity contribution in [2.75, 3.05) is 32.0 Å². The molecule has 0 aliphatic carbocycles. The number of carbonyl (C=O) groups excluding carboxylic acids is 1. The van der Waals surface area contributed by atoms with E-state index in [-0.39, 0.29) is 11.7 Å². The highest BCUT2D eigenvalue weighted by atomic mass is 35.5. The molecule has 25 heavy (non-hydrogen) atoms. The number of aromatic nitrogens is 2. The zero-order valence-corrected chi connectivity index (χ0v) is 14.2. The minimum absolute atomic E-state index is 0.00306. The molecule has 1 fully saturated rings. The molecule has 0 bridgehead atoms. The van der Waals surface area contributed by atoms with E-state index in [1.165, 1.54) is 12.1 Å². The van der Waals surface area contributed by atoms with Crippen molar-refractivity contribution in [3.05, 3.63) is 54.1 Å². The molecule has 0 unspecified atom stereocenters. The molecule has 1 aromatic heterocycles. The Hall–Kier alpha value is -2.51. The predicted octanol–water partition coefficient (Wildman–Crippen LogP) is 2.55. The average molecular weight is 365 g/mol. The molecule has 1 aliphatic rings. The smallest absolute Gasteiger partial charge is 0.311 e. The third-order valence-corrected chi connectivity index (χ3v) is 3.57. The molecule has 2 heterocycles. The van der Waals surface area contributed by atoms with E-state index in [4.69, 9.17) is 22.1 Å². The molecule has 0 atom stereocenters. The van der Waals surface area contributed by atoms with Gasteiger partial charge < -0.3 is 15.4 Å². The van der Waals surface area contributed by atoms with Gasteiger partial charge in [0, 0.05) is 29.7 Å². The number of morpholine rings is 1. The second kappa shape index (κ2) is 9.10. The van der Waals surface area contributed by atoms with Gasteiger partial charge in [-0.1, -0.05) is 30.3 Å². The molecular formula is C17H18ClFN4O2. The third kappa shape index (κ3) is 5.81. The van der Waals surface area contributed by atoms with Crippen LogP contribution >= 0.6 is 11.6 Å². The van der Waals surface area contributed by atoms with Crippen LogP contribution in [0.1, 0.15) is 0 Å². The Labute approximate surface area is 150 Å². The van der Waals surface area contributed by atoms with Crippen LogP contribution in [0.4, 0.5) is 10.2 Å². The quantitative estimate of drug-likeness (QED) is 0.654. The average Bonchev–Trinajstić information content (AvgIpc) is 2.61. The van der Waals surface area contributed by atoms with Gasteiger partial charge in [0.2, 0.25) is 5.91 Å². The van der Waals surface area contributed by atoms with E-state index < -0.39 is 6.08 Å². The standard InChI is InChI=1S/C10H7ClFN3.C7H11NO2/c11-7-3-1-2-6(4-7)8-5-9(13)15-10(12)14-8;1-2-7(9)8-3-5-10-6-4-8/h1-5H,(H2,13,14,15);2H,1,3-6H2. The minimum atomic E-state index is -0.843. The van der Waals surface area contributed by atoms with Gasteiger partial charge >= 0.3 is 6.08 Å². The highest BCUT2D eigenvalue weighted by Crippen LogP contribution is 2.21. The van der Waals surface area contributed by atoms with Gasteiger partial charge in [-0.05, 0) is 18.2 Å². The zero-order chi connectivity index (χ0) is 18.2. The predicted molar refractivity (Wildman–Crippen MR) is 94.4 cm³/mol. The summed E-state index contributed by atoms with van der Waals surface area (Å²) in [7, 11) is 0. The molecule has 1 aromatic carbocycles. The van der Waals surface area contributed by atoms with Crippen LogP contribution in [-0.2, 0) is 9.53 Å². The van der Waals surface area contributed by atoms with Crippen molar-refractivity contribution in [3.63, 3.8) is 0 Å². The molecular weight excluding hydrogens is 347 g/mol. The number of hydrogen-bond acceptors (Lipinski definition) is 5. The molecule has 0 saturated carbocycles. The fraction of sp³-hybridized carbons (Fsp3) is 0.235. The Morgan fingerprint density at radius 1 is 1.32 bits per heavy atom. The molecule has 2 aromatic rings. The summed E-state index contributed by atoms with van der Waals surface area (Å²) in [6.07, 6.45) is 0.496. The number of halogens is 2. The number of anilines is 1. The lowest BCUT2D eigenvalue weighted by Gasteiger charge is -2.25. The Balaban J connectivity index is 0.000000196. The summed E-state index contributed by atoms with van der Waals surface area (Å²) >= 11 is 5.81. The number of nitrogen functional groups attached to an aromatic ring is 1. The van der Waals surface area contributed by atoms with Crippen molar-refractivity contribution in [1.82, 2.24) is 14.9 Å². The lowest BCUT2D eigenvalue weighted by atomic mass is 10.1. The first-order valence-corrected chi connectivity index (χ1v) is 7.92. The molecule has 6 nitrogen and oxygen atoms in total. The van der Waals surface area contributed by atoms with Crippen molar-refractivity contribution in [2.45, 2.75) is 0 Å². The summed E-state index contributed by atoms with van der Waals surface area (Å²) in [6.45, 7) is 6.11. The van der Waals surface area contributed by atoms with Crippen molar-refractivity contribution < 1.29 is 13.9 Å². The van der Waals surface area contributed by atoms with Gasteiger partial charge in [0.1, 0.15) is 5.82 Å². The summed E-state index contributed by atoms with van der Waals surface area (Å²) in [5.41, 5.74) is 6.53. The van der Waals surface area contributed by atoms with Crippen LogP contribution in [0.25, 0.3) is 11.3 Å². The fourth-order valence-corrected chi connectivity index (χ4v) is 2.33.